The summed E-state index contributed by atoms with van der Waals surface area (Å²) in [7, 11) is 0. The normalized spacial score (nSPS) is 13.1. The first kappa shape index (κ1) is 16.0. The van der Waals surface area contributed by atoms with E-state index < -0.39 is 11.6 Å². The lowest BCUT2D eigenvalue weighted by molar-refractivity contribution is 0.495. The van der Waals surface area contributed by atoms with E-state index in [4.69, 9.17) is 0 Å². The van der Waals surface area contributed by atoms with Crippen molar-refractivity contribution in [1.29, 1.82) is 0 Å². The Kier molecular flexibility index (Phi) is 5.06. The van der Waals surface area contributed by atoms with Gasteiger partial charge >= 0.3 is 0 Å². The van der Waals surface area contributed by atoms with Gasteiger partial charge in [0.15, 0.2) is 11.6 Å². The molecule has 0 saturated carbocycles. The maximum atomic E-state index is 13.5. The summed E-state index contributed by atoms with van der Waals surface area (Å²) in [4.78, 5) is 4.63. The number of nitrogens with zero attached hydrogens (tertiary/aromatic N) is 1. The average Bonchev–Trinajstić information content (AvgIpc) is 2.89. The molecular weight excluding hydrogens is 290 g/mol. The van der Waals surface area contributed by atoms with Crippen molar-refractivity contribution in [2.75, 3.05) is 0 Å². The quantitative estimate of drug-likeness (QED) is 0.871. The number of hydrogen-bond acceptors (Lipinski definition) is 3. The third-order valence-electron chi connectivity index (χ3n) is 3.16. The lowest BCUT2D eigenvalue weighted by Gasteiger charge is -2.20. The Morgan fingerprint density at radius 3 is 2.33 bits per heavy atom. The van der Waals surface area contributed by atoms with E-state index in [9.17, 15) is 8.78 Å². The van der Waals surface area contributed by atoms with Gasteiger partial charge in [-0.25, -0.2) is 13.8 Å². The predicted molar refractivity (Wildman–Crippen MR) is 82.7 cm³/mol. The second-order valence-corrected chi connectivity index (χ2v) is 6.58. The van der Waals surface area contributed by atoms with Crippen molar-refractivity contribution < 1.29 is 8.78 Å². The van der Waals surface area contributed by atoms with Crippen LogP contribution in [-0.2, 0) is 0 Å². The summed E-state index contributed by atoms with van der Waals surface area (Å²) in [6.45, 7) is 8.20. The smallest absolute Gasteiger partial charge is 0.159 e. The number of rotatable bonds is 5. The largest absolute Gasteiger partial charge is 0.302 e. The summed E-state index contributed by atoms with van der Waals surface area (Å²) in [5.74, 6) is -1.31. The van der Waals surface area contributed by atoms with Crippen LogP contribution < -0.4 is 5.32 Å². The molecule has 21 heavy (non-hydrogen) atoms. The van der Waals surface area contributed by atoms with Crippen LogP contribution in [0.1, 0.15) is 55.9 Å². The molecule has 1 N–H and O–H groups in total. The van der Waals surface area contributed by atoms with E-state index in [-0.39, 0.29) is 12.1 Å². The Hall–Kier alpha value is -1.33. The molecule has 2 aromatic rings. The molecule has 0 fully saturated rings. The zero-order chi connectivity index (χ0) is 15.6. The van der Waals surface area contributed by atoms with Crippen molar-refractivity contribution in [3.63, 3.8) is 0 Å². The van der Waals surface area contributed by atoms with Crippen molar-refractivity contribution in [2.45, 2.75) is 45.7 Å². The molecule has 1 unspecified atom stereocenters. The van der Waals surface area contributed by atoms with Crippen molar-refractivity contribution in [1.82, 2.24) is 10.3 Å². The molecule has 5 heteroatoms. The van der Waals surface area contributed by atoms with Crippen LogP contribution in [0.5, 0.6) is 0 Å². The van der Waals surface area contributed by atoms with Crippen LogP contribution in [0, 0.1) is 11.6 Å². The fourth-order valence-corrected chi connectivity index (χ4v) is 3.10. The van der Waals surface area contributed by atoms with Crippen molar-refractivity contribution in [3.8, 4) is 0 Å². The summed E-state index contributed by atoms with van der Waals surface area (Å²) < 4.78 is 26.6. The summed E-state index contributed by atoms with van der Waals surface area (Å²) in [6.07, 6.45) is 0. The van der Waals surface area contributed by atoms with Gasteiger partial charge in [0.2, 0.25) is 0 Å². The number of benzene rings is 1. The summed E-state index contributed by atoms with van der Waals surface area (Å²) in [5.41, 5.74) is 1.71. The third kappa shape index (κ3) is 3.86. The molecule has 0 aliphatic heterocycles. The summed E-state index contributed by atoms with van der Waals surface area (Å²) in [5, 5.41) is 6.27. The molecule has 2 nitrogen and oxygen atoms in total. The Bertz CT molecular complexity index is 608. The van der Waals surface area contributed by atoms with Gasteiger partial charge in [-0.2, -0.15) is 0 Å². The highest BCUT2D eigenvalue weighted by atomic mass is 32.1. The van der Waals surface area contributed by atoms with E-state index in [0.717, 1.165) is 16.8 Å². The Morgan fingerprint density at radius 2 is 1.81 bits per heavy atom. The third-order valence-corrected chi connectivity index (χ3v) is 4.08. The molecule has 2 rings (SSSR count). The maximum Gasteiger partial charge on any atom is 0.159 e. The Labute approximate surface area is 128 Å². The van der Waals surface area contributed by atoms with Gasteiger partial charge in [0, 0.05) is 11.4 Å². The number of halogens is 2. The fraction of sp³-hybridized carbons (Fsp3) is 0.438. The lowest BCUT2D eigenvalue weighted by Crippen LogP contribution is -2.29. The van der Waals surface area contributed by atoms with E-state index in [1.54, 1.807) is 17.4 Å². The summed E-state index contributed by atoms with van der Waals surface area (Å²) in [6, 6.07) is 3.99. The van der Waals surface area contributed by atoms with Gasteiger partial charge in [-0.3, -0.25) is 0 Å². The monoisotopic (exact) mass is 310 g/mol. The standard InChI is InChI=1S/C16H20F2N2S/c1-9(2)14-8-21-16(20-14)15(19-10(3)4)11-5-6-12(17)13(18)7-11/h5-10,15,19H,1-4H3. The molecule has 0 bridgehead atoms. The minimum Gasteiger partial charge on any atom is -0.302 e. The molecular formula is C16H20F2N2S. The topological polar surface area (TPSA) is 24.9 Å². The lowest BCUT2D eigenvalue weighted by atomic mass is 10.1. The van der Waals surface area contributed by atoms with Gasteiger partial charge in [-0.05, 0) is 37.5 Å². The molecule has 0 spiro atoms. The predicted octanol–water partition coefficient (Wildman–Crippen LogP) is 4.63. The van der Waals surface area contributed by atoms with E-state index in [2.05, 4.69) is 24.1 Å². The van der Waals surface area contributed by atoms with Gasteiger partial charge in [-0.1, -0.05) is 19.9 Å². The minimum absolute atomic E-state index is 0.203. The van der Waals surface area contributed by atoms with Gasteiger partial charge in [0.05, 0.1) is 11.7 Å². The zero-order valence-corrected chi connectivity index (χ0v) is 13.5. The van der Waals surface area contributed by atoms with E-state index in [0.29, 0.717) is 11.5 Å². The molecule has 0 aliphatic rings. The first-order chi connectivity index (χ1) is 9.88. The molecule has 1 aromatic carbocycles. The van der Waals surface area contributed by atoms with Crippen LogP contribution in [0.25, 0.3) is 0 Å². The molecule has 0 amide bonds. The van der Waals surface area contributed by atoms with E-state index >= 15 is 0 Å². The van der Waals surface area contributed by atoms with Crippen LogP contribution in [0.3, 0.4) is 0 Å². The van der Waals surface area contributed by atoms with Crippen LogP contribution in [0.15, 0.2) is 23.6 Å². The van der Waals surface area contributed by atoms with E-state index in [1.165, 1.54) is 6.07 Å². The van der Waals surface area contributed by atoms with Crippen LogP contribution >= 0.6 is 11.3 Å². The highest BCUT2D eigenvalue weighted by Gasteiger charge is 2.20. The highest BCUT2D eigenvalue weighted by Crippen LogP contribution is 2.28. The zero-order valence-electron chi connectivity index (χ0n) is 12.7. The van der Waals surface area contributed by atoms with Gasteiger partial charge in [0.1, 0.15) is 5.01 Å². The number of aromatic nitrogens is 1. The van der Waals surface area contributed by atoms with Gasteiger partial charge < -0.3 is 5.32 Å². The van der Waals surface area contributed by atoms with Gasteiger partial charge in [-0.15, -0.1) is 11.3 Å². The van der Waals surface area contributed by atoms with Crippen molar-refractivity contribution in [3.05, 3.63) is 51.5 Å². The second-order valence-electron chi connectivity index (χ2n) is 5.69. The SMILES string of the molecule is CC(C)NC(c1ccc(F)c(F)c1)c1nc(C(C)C)cs1. The van der Waals surface area contributed by atoms with E-state index in [1.807, 2.05) is 19.2 Å². The molecule has 114 valence electrons. The molecule has 0 radical (unpaired) electrons. The minimum atomic E-state index is -0.830. The first-order valence-corrected chi connectivity index (χ1v) is 7.92. The number of thiazole rings is 1. The fourth-order valence-electron chi connectivity index (χ4n) is 2.03. The van der Waals surface area contributed by atoms with Crippen LogP contribution in [0.2, 0.25) is 0 Å². The molecule has 1 heterocycles. The molecule has 0 saturated heterocycles. The number of hydrogen-bond donors (Lipinski definition) is 1. The number of nitrogens with one attached hydrogen (secondary N) is 1. The first-order valence-electron chi connectivity index (χ1n) is 7.04. The molecule has 1 aromatic heterocycles. The summed E-state index contributed by atoms with van der Waals surface area (Å²) >= 11 is 1.54. The van der Waals surface area contributed by atoms with Crippen molar-refractivity contribution in [2.24, 2.45) is 0 Å². The average molecular weight is 310 g/mol. The Balaban J connectivity index is 2.39. The highest BCUT2D eigenvalue weighted by molar-refractivity contribution is 7.09. The molecule has 1 atom stereocenters. The van der Waals surface area contributed by atoms with Crippen LogP contribution in [0.4, 0.5) is 8.78 Å². The Morgan fingerprint density at radius 1 is 1.10 bits per heavy atom. The van der Waals surface area contributed by atoms with Gasteiger partial charge in [0.25, 0.3) is 0 Å². The maximum absolute atomic E-state index is 13.5. The molecule has 0 aliphatic carbocycles. The van der Waals surface area contributed by atoms with Crippen molar-refractivity contribution >= 4 is 11.3 Å². The van der Waals surface area contributed by atoms with Crippen LogP contribution in [-0.4, -0.2) is 11.0 Å². The second kappa shape index (κ2) is 6.62.